The molecule has 1 aliphatic rings. The van der Waals surface area contributed by atoms with E-state index in [0.29, 0.717) is 5.88 Å². The smallest absolute Gasteiger partial charge is 0.0440 e. The summed E-state index contributed by atoms with van der Waals surface area (Å²) in [6, 6.07) is 6.41. The lowest BCUT2D eigenvalue weighted by atomic mass is 10.0. The van der Waals surface area contributed by atoms with E-state index in [-0.39, 0.29) is 0 Å². The van der Waals surface area contributed by atoms with Crippen LogP contribution in [0.5, 0.6) is 0 Å². The normalized spacial score (nSPS) is 12.7. The van der Waals surface area contributed by atoms with Gasteiger partial charge in [-0.3, -0.25) is 0 Å². The first-order valence-corrected chi connectivity index (χ1v) is 5.68. The highest BCUT2D eigenvalue weighted by Crippen LogP contribution is 2.27. The van der Waals surface area contributed by atoms with Crippen molar-refractivity contribution in [3.8, 4) is 0 Å². The fourth-order valence-electron chi connectivity index (χ4n) is 1.69. The van der Waals surface area contributed by atoms with Crippen molar-refractivity contribution in [2.24, 2.45) is 0 Å². The highest BCUT2D eigenvalue weighted by Gasteiger charge is 2.12. The lowest BCUT2D eigenvalue weighted by Gasteiger charge is -2.01. The van der Waals surface area contributed by atoms with Gasteiger partial charge in [0, 0.05) is 5.88 Å². The van der Waals surface area contributed by atoms with Crippen molar-refractivity contribution in [1.29, 1.82) is 0 Å². The Morgan fingerprint density at radius 1 is 1.29 bits per heavy atom. The van der Waals surface area contributed by atoms with E-state index in [1.807, 2.05) is 13.8 Å². The Labute approximate surface area is 91.6 Å². The molecular weight excluding hydrogens is 192 g/mol. The van der Waals surface area contributed by atoms with Crippen LogP contribution < -0.4 is 0 Å². The average molecular weight is 209 g/mol. The fraction of sp³-hybridized carbons (Fsp3) is 0.385. The molecule has 1 aromatic rings. The standard InChI is InChI=1S/C11H11Cl.C2H6/c1-8-3-2-4-10-5-9(7-12)6-11(8)10;1-2/h2-5H,6-7H2,1H3;1-2H3. The van der Waals surface area contributed by atoms with Gasteiger partial charge in [0.2, 0.25) is 0 Å². The Hall–Kier alpha value is -0.750. The molecule has 0 aromatic heterocycles. The number of hydrogen-bond donors (Lipinski definition) is 0. The second-order valence-electron chi connectivity index (χ2n) is 3.26. The molecule has 0 radical (unpaired) electrons. The van der Waals surface area contributed by atoms with Gasteiger partial charge < -0.3 is 0 Å². The van der Waals surface area contributed by atoms with E-state index in [1.54, 1.807) is 0 Å². The largest absolute Gasteiger partial charge is 0.122 e. The van der Waals surface area contributed by atoms with Gasteiger partial charge in [-0.25, -0.2) is 0 Å². The highest BCUT2D eigenvalue weighted by atomic mass is 35.5. The van der Waals surface area contributed by atoms with Crippen molar-refractivity contribution < 1.29 is 0 Å². The molecule has 1 heteroatoms. The Morgan fingerprint density at radius 2 is 2.00 bits per heavy atom. The molecule has 0 aliphatic heterocycles. The van der Waals surface area contributed by atoms with Crippen LogP contribution >= 0.6 is 11.6 Å². The molecule has 1 aromatic carbocycles. The van der Waals surface area contributed by atoms with Crippen molar-refractivity contribution in [1.82, 2.24) is 0 Å². The molecule has 0 saturated heterocycles. The van der Waals surface area contributed by atoms with Crippen molar-refractivity contribution in [2.75, 3.05) is 5.88 Å². The fourth-order valence-corrected chi connectivity index (χ4v) is 1.86. The molecule has 0 atom stereocenters. The van der Waals surface area contributed by atoms with E-state index >= 15 is 0 Å². The zero-order valence-corrected chi connectivity index (χ0v) is 9.86. The number of halogens is 1. The van der Waals surface area contributed by atoms with E-state index in [4.69, 9.17) is 11.6 Å². The van der Waals surface area contributed by atoms with E-state index in [9.17, 15) is 0 Å². The molecule has 0 spiro atoms. The number of rotatable bonds is 1. The van der Waals surface area contributed by atoms with E-state index in [0.717, 1.165) is 6.42 Å². The summed E-state index contributed by atoms with van der Waals surface area (Å²) in [6.07, 6.45) is 3.25. The van der Waals surface area contributed by atoms with Crippen LogP contribution in [0.4, 0.5) is 0 Å². The third-order valence-corrected chi connectivity index (χ3v) is 2.72. The van der Waals surface area contributed by atoms with Crippen molar-refractivity contribution >= 4 is 17.7 Å². The van der Waals surface area contributed by atoms with E-state index in [1.165, 1.54) is 22.3 Å². The van der Waals surface area contributed by atoms with Crippen LogP contribution in [0.3, 0.4) is 0 Å². The maximum absolute atomic E-state index is 5.78. The quantitative estimate of drug-likeness (QED) is 0.607. The first kappa shape index (κ1) is 11.3. The number of hydrogen-bond acceptors (Lipinski definition) is 0. The van der Waals surface area contributed by atoms with Gasteiger partial charge >= 0.3 is 0 Å². The molecular formula is C13H17Cl. The zero-order valence-electron chi connectivity index (χ0n) is 9.10. The first-order chi connectivity index (χ1) is 6.81. The molecule has 2 rings (SSSR count). The third-order valence-electron chi connectivity index (χ3n) is 2.38. The van der Waals surface area contributed by atoms with Crippen molar-refractivity contribution in [3.05, 3.63) is 40.5 Å². The van der Waals surface area contributed by atoms with E-state index < -0.39 is 0 Å². The Balaban J connectivity index is 0.000000461. The molecule has 0 unspecified atom stereocenters. The second-order valence-corrected chi connectivity index (χ2v) is 3.52. The number of aryl methyl sites for hydroxylation is 1. The molecule has 76 valence electrons. The summed E-state index contributed by atoms with van der Waals surface area (Å²) in [6.45, 7) is 6.16. The van der Waals surface area contributed by atoms with Gasteiger partial charge in [-0.2, -0.15) is 0 Å². The maximum Gasteiger partial charge on any atom is 0.0440 e. The number of alkyl halides is 1. The number of allylic oxidation sites excluding steroid dienone is 1. The van der Waals surface area contributed by atoms with Crippen LogP contribution in [0.15, 0.2) is 23.8 Å². The van der Waals surface area contributed by atoms with E-state index in [2.05, 4.69) is 31.2 Å². The topological polar surface area (TPSA) is 0 Å². The summed E-state index contributed by atoms with van der Waals surface area (Å²) in [5.41, 5.74) is 5.52. The Bertz CT molecular complexity index is 337. The molecule has 0 nitrogen and oxygen atoms in total. The molecule has 0 amide bonds. The van der Waals surface area contributed by atoms with Crippen molar-refractivity contribution in [2.45, 2.75) is 27.2 Å². The van der Waals surface area contributed by atoms with Gasteiger partial charge in [-0.1, -0.05) is 43.7 Å². The minimum atomic E-state index is 0.661. The summed E-state index contributed by atoms with van der Waals surface area (Å²) in [7, 11) is 0. The highest BCUT2D eigenvalue weighted by molar-refractivity contribution is 6.20. The number of fused-ring (bicyclic) bond motifs is 1. The van der Waals surface area contributed by atoms with Crippen LogP contribution in [-0.2, 0) is 6.42 Å². The predicted octanol–water partition coefficient (Wildman–Crippen LogP) is 4.20. The lowest BCUT2D eigenvalue weighted by molar-refractivity contribution is 1.16. The van der Waals surface area contributed by atoms with Crippen LogP contribution in [0.1, 0.15) is 30.5 Å². The van der Waals surface area contributed by atoms with Gasteiger partial charge in [0.25, 0.3) is 0 Å². The van der Waals surface area contributed by atoms with Gasteiger partial charge in [0.1, 0.15) is 0 Å². The molecule has 0 bridgehead atoms. The average Bonchev–Trinajstić information content (AvgIpc) is 2.65. The van der Waals surface area contributed by atoms with Gasteiger partial charge in [-0.15, -0.1) is 11.6 Å². The second kappa shape index (κ2) is 5.21. The zero-order chi connectivity index (χ0) is 10.6. The minimum Gasteiger partial charge on any atom is -0.122 e. The maximum atomic E-state index is 5.78. The van der Waals surface area contributed by atoms with Crippen LogP contribution in [0.25, 0.3) is 6.08 Å². The number of benzene rings is 1. The Morgan fingerprint density at radius 3 is 2.57 bits per heavy atom. The monoisotopic (exact) mass is 208 g/mol. The first-order valence-electron chi connectivity index (χ1n) is 5.15. The summed E-state index contributed by atoms with van der Waals surface area (Å²) in [5.74, 6) is 0.661. The summed E-state index contributed by atoms with van der Waals surface area (Å²) >= 11 is 5.78. The minimum absolute atomic E-state index is 0.661. The SMILES string of the molecule is CC.Cc1cccc2c1CC(CCl)=C2. The summed E-state index contributed by atoms with van der Waals surface area (Å²) < 4.78 is 0. The van der Waals surface area contributed by atoms with Crippen molar-refractivity contribution in [3.63, 3.8) is 0 Å². The van der Waals surface area contributed by atoms with Crippen LogP contribution in [0, 0.1) is 6.92 Å². The summed E-state index contributed by atoms with van der Waals surface area (Å²) in [5, 5.41) is 0. The Kier molecular flexibility index (Phi) is 4.21. The summed E-state index contributed by atoms with van der Waals surface area (Å²) in [4.78, 5) is 0. The van der Waals surface area contributed by atoms with Crippen LogP contribution in [-0.4, -0.2) is 5.88 Å². The molecule has 0 N–H and O–H groups in total. The predicted molar refractivity (Wildman–Crippen MR) is 64.9 cm³/mol. The molecule has 0 fully saturated rings. The molecule has 0 saturated carbocycles. The molecule has 1 aliphatic carbocycles. The van der Waals surface area contributed by atoms with Crippen LogP contribution in [0.2, 0.25) is 0 Å². The third kappa shape index (κ3) is 2.19. The lowest BCUT2D eigenvalue weighted by Crippen LogP contribution is -1.89. The van der Waals surface area contributed by atoms with Gasteiger partial charge in [-0.05, 0) is 30.0 Å². The van der Waals surface area contributed by atoms with Gasteiger partial charge in [0.05, 0.1) is 0 Å². The molecule has 14 heavy (non-hydrogen) atoms. The van der Waals surface area contributed by atoms with Gasteiger partial charge in [0.15, 0.2) is 0 Å². The molecule has 0 heterocycles.